The fraction of sp³-hybridized carbons (Fsp3) is 0.545. The lowest BCUT2D eigenvalue weighted by Gasteiger charge is -2.15. The van der Waals surface area contributed by atoms with E-state index >= 15 is 0 Å². The molecule has 0 aliphatic rings. The first-order valence-electron chi connectivity index (χ1n) is 5.86. The summed E-state index contributed by atoms with van der Waals surface area (Å²) >= 11 is 2.15. The lowest BCUT2D eigenvalue weighted by molar-refractivity contribution is 0.404. The molecule has 98 valence electrons. The molecule has 2 aromatic rings. The van der Waals surface area contributed by atoms with E-state index in [-0.39, 0.29) is 12.0 Å². The van der Waals surface area contributed by atoms with E-state index in [0.717, 1.165) is 21.2 Å². The minimum absolute atomic E-state index is 0.189. The lowest BCUT2D eigenvalue weighted by atomic mass is 10.1. The van der Waals surface area contributed by atoms with Crippen LogP contribution >= 0.6 is 22.6 Å². The number of hydrogen-bond acceptors (Lipinski definition) is 5. The van der Waals surface area contributed by atoms with Crippen molar-refractivity contribution in [2.75, 3.05) is 11.5 Å². The van der Waals surface area contributed by atoms with Gasteiger partial charge in [-0.1, -0.05) is 13.8 Å². The highest BCUT2D eigenvalue weighted by Gasteiger charge is 2.18. The molecular formula is C11H17IN6. The van der Waals surface area contributed by atoms with Gasteiger partial charge in [-0.3, -0.25) is 0 Å². The molecule has 1 unspecified atom stereocenters. The van der Waals surface area contributed by atoms with Crippen LogP contribution in [0.1, 0.15) is 33.2 Å². The topological polar surface area (TPSA) is 95.6 Å². The van der Waals surface area contributed by atoms with Crippen LogP contribution in [0.3, 0.4) is 0 Å². The quantitative estimate of drug-likeness (QED) is 0.819. The highest BCUT2D eigenvalue weighted by Crippen LogP contribution is 2.28. The van der Waals surface area contributed by atoms with Crippen molar-refractivity contribution in [1.82, 2.24) is 19.7 Å². The monoisotopic (exact) mass is 360 g/mol. The average Bonchev–Trinajstić information content (AvgIpc) is 2.54. The van der Waals surface area contributed by atoms with Crippen molar-refractivity contribution in [2.24, 2.45) is 5.92 Å². The summed E-state index contributed by atoms with van der Waals surface area (Å²) in [5.41, 5.74) is 12.3. The SMILES string of the molecule is CC(C)CC(C)n1nc(I)c2c(N)nc(N)nc21. The molecule has 1 atom stereocenters. The molecule has 2 heterocycles. The Balaban J connectivity index is 2.58. The Labute approximate surface area is 119 Å². The largest absolute Gasteiger partial charge is 0.383 e. The van der Waals surface area contributed by atoms with Crippen molar-refractivity contribution in [3.05, 3.63) is 3.70 Å². The average molecular weight is 360 g/mol. The van der Waals surface area contributed by atoms with Gasteiger partial charge in [0.1, 0.15) is 9.52 Å². The van der Waals surface area contributed by atoms with Crippen molar-refractivity contribution >= 4 is 45.4 Å². The molecule has 0 bridgehead atoms. The van der Waals surface area contributed by atoms with Crippen LogP contribution in [0, 0.1) is 9.62 Å². The first kappa shape index (κ1) is 13.3. The predicted octanol–water partition coefficient (Wildman–Crippen LogP) is 2.20. The molecule has 2 rings (SSSR count). The van der Waals surface area contributed by atoms with Gasteiger partial charge in [0.25, 0.3) is 0 Å². The minimum atomic E-state index is 0.189. The first-order valence-corrected chi connectivity index (χ1v) is 6.94. The number of anilines is 2. The number of aromatic nitrogens is 4. The van der Waals surface area contributed by atoms with E-state index in [4.69, 9.17) is 11.5 Å². The molecule has 4 N–H and O–H groups in total. The van der Waals surface area contributed by atoms with Crippen LogP contribution in [-0.2, 0) is 0 Å². The van der Waals surface area contributed by atoms with Crippen molar-refractivity contribution in [3.8, 4) is 0 Å². The number of halogens is 1. The van der Waals surface area contributed by atoms with Gasteiger partial charge in [0.05, 0.1) is 11.4 Å². The van der Waals surface area contributed by atoms with Gasteiger partial charge in [-0.2, -0.15) is 15.1 Å². The molecule has 18 heavy (non-hydrogen) atoms. The van der Waals surface area contributed by atoms with Gasteiger partial charge < -0.3 is 11.5 Å². The molecule has 0 aliphatic heterocycles. The standard InChI is InChI=1S/C11H17IN6/c1-5(2)4-6(3)18-10-7(8(12)17-18)9(13)15-11(14)16-10/h5-6H,4H2,1-3H3,(H4,13,14,15,16). The summed E-state index contributed by atoms with van der Waals surface area (Å²) in [6.45, 7) is 6.49. The third kappa shape index (κ3) is 2.36. The number of hydrogen-bond donors (Lipinski definition) is 2. The van der Waals surface area contributed by atoms with Crippen molar-refractivity contribution in [3.63, 3.8) is 0 Å². The van der Waals surface area contributed by atoms with Crippen LogP contribution in [0.4, 0.5) is 11.8 Å². The maximum atomic E-state index is 5.88. The summed E-state index contributed by atoms with van der Waals surface area (Å²) in [6.07, 6.45) is 1.02. The molecule has 2 aromatic heterocycles. The first-order chi connectivity index (χ1) is 8.40. The van der Waals surface area contributed by atoms with Crippen LogP contribution in [0.25, 0.3) is 11.0 Å². The van der Waals surface area contributed by atoms with Gasteiger partial charge in [-0.15, -0.1) is 0 Å². The zero-order chi connectivity index (χ0) is 13.4. The second-order valence-corrected chi connectivity index (χ2v) is 5.90. The van der Waals surface area contributed by atoms with Crippen LogP contribution in [0.5, 0.6) is 0 Å². The molecule has 0 fully saturated rings. The molecule has 0 aromatic carbocycles. The van der Waals surface area contributed by atoms with Gasteiger partial charge in [-0.05, 0) is 41.9 Å². The second kappa shape index (κ2) is 4.87. The molecule has 6 nitrogen and oxygen atoms in total. The molecular weight excluding hydrogens is 343 g/mol. The van der Waals surface area contributed by atoms with Crippen molar-refractivity contribution < 1.29 is 0 Å². The molecule has 0 saturated carbocycles. The summed E-state index contributed by atoms with van der Waals surface area (Å²) in [4.78, 5) is 8.25. The Morgan fingerprint density at radius 1 is 1.22 bits per heavy atom. The van der Waals surface area contributed by atoms with Gasteiger partial charge >= 0.3 is 0 Å². The van der Waals surface area contributed by atoms with Crippen LogP contribution in [-0.4, -0.2) is 19.7 Å². The molecule has 0 saturated heterocycles. The lowest BCUT2D eigenvalue weighted by Crippen LogP contribution is -2.11. The Bertz CT molecular complexity index is 576. The zero-order valence-corrected chi connectivity index (χ0v) is 12.8. The fourth-order valence-corrected chi connectivity index (χ4v) is 2.88. The summed E-state index contributed by atoms with van der Waals surface area (Å²) in [5.74, 6) is 1.17. The van der Waals surface area contributed by atoms with E-state index in [1.54, 1.807) is 0 Å². The summed E-state index contributed by atoms with van der Waals surface area (Å²) in [5, 5.41) is 5.30. The summed E-state index contributed by atoms with van der Waals surface area (Å²) in [7, 11) is 0. The van der Waals surface area contributed by atoms with E-state index in [9.17, 15) is 0 Å². The van der Waals surface area contributed by atoms with E-state index in [0.29, 0.717) is 11.7 Å². The smallest absolute Gasteiger partial charge is 0.224 e. The normalized spacial score (nSPS) is 13.4. The number of rotatable bonds is 3. The fourth-order valence-electron chi connectivity index (χ4n) is 2.13. The number of nitrogens with zero attached hydrogens (tertiary/aromatic N) is 4. The van der Waals surface area contributed by atoms with Gasteiger partial charge in [0.15, 0.2) is 5.65 Å². The van der Waals surface area contributed by atoms with Crippen molar-refractivity contribution in [1.29, 1.82) is 0 Å². The maximum absolute atomic E-state index is 5.88. The van der Waals surface area contributed by atoms with E-state index in [1.165, 1.54) is 0 Å². The summed E-state index contributed by atoms with van der Waals surface area (Å²) < 4.78 is 2.71. The predicted molar refractivity (Wildman–Crippen MR) is 81.0 cm³/mol. The van der Waals surface area contributed by atoms with E-state index in [1.807, 2.05) is 4.68 Å². The summed E-state index contributed by atoms with van der Waals surface area (Å²) in [6, 6.07) is 0.254. The van der Waals surface area contributed by atoms with Gasteiger partial charge in [0.2, 0.25) is 5.95 Å². The van der Waals surface area contributed by atoms with E-state index in [2.05, 4.69) is 58.4 Å². The van der Waals surface area contributed by atoms with Gasteiger partial charge in [0, 0.05) is 0 Å². The number of nitrogens with two attached hydrogens (primary N) is 2. The Hall–Kier alpha value is -1.12. The highest BCUT2D eigenvalue weighted by atomic mass is 127. The zero-order valence-electron chi connectivity index (χ0n) is 10.7. The molecule has 7 heteroatoms. The maximum Gasteiger partial charge on any atom is 0.224 e. The van der Waals surface area contributed by atoms with Crippen LogP contribution < -0.4 is 11.5 Å². The Morgan fingerprint density at radius 3 is 2.50 bits per heavy atom. The van der Waals surface area contributed by atoms with E-state index < -0.39 is 0 Å². The van der Waals surface area contributed by atoms with Gasteiger partial charge in [-0.25, -0.2) is 4.68 Å². The van der Waals surface area contributed by atoms with Crippen LogP contribution in [0.15, 0.2) is 0 Å². The number of fused-ring (bicyclic) bond motifs is 1. The highest BCUT2D eigenvalue weighted by molar-refractivity contribution is 14.1. The Kier molecular flexibility index (Phi) is 3.60. The number of nitrogen functional groups attached to an aromatic ring is 2. The van der Waals surface area contributed by atoms with Crippen molar-refractivity contribution in [2.45, 2.75) is 33.2 Å². The molecule has 0 radical (unpaired) electrons. The molecule has 0 amide bonds. The molecule has 0 aliphatic carbocycles. The Morgan fingerprint density at radius 2 is 1.89 bits per heavy atom. The third-order valence-electron chi connectivity index (χ3n) is 2.78. The minimum Gasteiger partial charge on any atom is -0.383 e. The second-order valence-electron chi connectivity index (χ2n) is 4.88. The molecule has 0 spiro atoms. The third-order valence-corrected chi connectivity index (χ3v) is 3.54. The van der Waals surface area contributed by atoms with Crippen LogP contribution in [0.2, 0.25) is 0 Å².